The smallest absolute Gasteiger partial charge is 0.225 e. The SMILES string of the molecule is N#Cc1ccc(-c2ccc(OC3CCN(C(=O)C4CC4)CC3)cc2)cc1. The van der Waals surface area contributed by atoms with E-state index in [1.807, 2.05) is 53.4 Å². The zero-order valence-electron chi connectivity index (χ0n) is 14.7. The second-order valence-electron chi connectivity index (χ2n) is 7.13. The van der Waals surface area contributed by atoms with E-state index in [0.717, 1.165) is 55.6 Å². The van der Waals surface area contributed by atoms with E-state index in [-0.39, 0.29) is 6.10 Å². The van der Waals surface area contributed by atoms with Crippen LogP contribution in [0.2, 0.25) is 0 Å². The van der Waals surface area contributed by atoms with Gasteiger partial charge in [0.1, 0.15) is 11.9 Å². The maximum absolute atomic E-state index is 12.1. The average Bonchev–Trinajstić information content (AvgIpc) is 3.54. The minimum atomic E-state index is 0.180. The van der Waals surface area contributed by atoms with Crippen LogP contribution in [0.4, 0.5) is 0 Å². The molecule has 1 amide bonds. The summed E-state index contributed by atoms with van der Waals surface area (Å²) in [7, 11) is 0. The molecule has 2 aliphatic rings. The van der Waals surface area contributed by atoms with E-state index < -0.39 is 0 Å². The van der Waals surface area contributed by atoms with Crippen LogP contribution in [0.25, 0.3) is 11.1 Å². The summed E-state index contributed by atoms with van der Waals surface area (Å²) in [5, 5.41) is 8.88. The molecule has 1 aliphatic carbocycles. The van der Waals surface area contributed by atoms with Gasteiger partial charge < -0.3 is 9.64 Å². The lowest BCUT2D eigenvalue weighted by molar-refractivity contribution is -0.134. The number of nitriles is 1. The molecule has 2 fully saturated rings. The molecule has 1 saturated carbocycles. The van der Waals surface area contributed by atoms with Crippen LogP contribution >= 0.6 is 0 Å². The molecule has 1 heterocycles. The first-order valence-corrected chi connectivity index (χ1v) is 9.29. The molecule has 4 rings (SSSR count). The number of benzene rings is 2. The summed E-state index contributed by atoms with van der Waals surface area (Å²) in [6.45, 7) is 1.62. The van der Waals surface area contributed by atoms with Crippen molar-refractivity contribution in [3.63, 3.8) is 0 Å². The molecular formula is C22H22N2O2. The van der Waals surface area contributed by atoms with Crippen molar-refractivity contribution in [1.29, 1.82) is 5.26 Å². The van der Waals surface area contributed by atoms with Gasteiger partial charge in [-0.2, -0.15) is 5.26 Å². The predicted octanol–water partition coefficient (Wildman–Crippen LogP) is 4.01. The Hall–Kier alpha value is -2.80. The molecule has 1 saturated heterocycles. The molecule has 4 heteroatoms. The Balaban J connectivity index is 1.33. The van der Waals surface area contributed by atoms with E-state index >= 15 is 0 Å². The monoisotopic (exact) mass is 346 g/mol. The number of hydrogen-bond donors (Lipinski definition) is 0. The van der Waals surface area contributed by atoms with Gasteiger partial charge in [-0.3, -0.25) is 4.79 Å². The van der Waals surface area contributed by atoms with Crippen molar-refractivity contribution in [3.05, 3.63) is 54.1 Å². The Bertz CT molecular complexity index is 809. The highest BCUT2D eigenvalue weighted by atomic mass is 16.5. The molecule has 2 aromatic rings. The normalized spacial score (nSPS) is 17.6. The molecule has 1 aliphatic heterocycles. The van der Waals surface area contributed by atoms with Crippen molar-refractivity contribution < 1.29 is 9.53 Å². The number of amides is 1. The third-order valence-electron chi connectivity index (χ3n) is 5.18. The zero-order chi connectivity index (χ0) is 17.9. The van der Waals surface area contributed by atoms with E-state index in [1.165, 1.54) is 0 Å². The summed E-state index contributed by atoms with van der Waals surface area (Å²) < 4.78 is 6.11. The third kappa shape index (κ3) is 3.72. The fourth-order valence-corrected chi connectivity index (χ4v) is 3.44. The van der Waals surface area contributed by atoms with E-state index in [9.17, 15) is 4.79 Å². The number of carbonyl (C=O) groups is 1. The Morgan fingerprint density at radius 2 is 1.50 bits per heavy atom. The lowest BCUT2D eigenvalue weighted by atomic mass is 10.0. The summed E-state index contributed by atoms with van der Waals surface area (Å²) in [6.07, 6.45) is 4.12. The minimum absolute atomic E-state index is 0.180. The minimum Gasteiger partial charge on any atom is -0.490 e. The molecule has 2 aromatic carbocycles. The Morgan fingerprint density at radius 1 is 0.923 bits per heavy atom. The van der Waals surface area contributed by atoms with Gasteiger partial charge in [-0.05, 0) is 48.2 Å². The second kappa shape index (κ2) is 7.21. The van der Waals surface area contributed by atoms with Gasteiger partial charge in [0.25, 0.3) is 0 Å². The van der Waals surface area contributed by atoms with Crippen LogP contribution < -0.4 is 4.74 Å². The Morgan fingerprint density at radius 3 is 2.04 bits per heavy atom. The van der Waals surface area contributed by atoms with Crippen LogP contribution in [0, 0.1) is 17.2 Å². The average molecular weight is 346 g/mol. The van der Waals surface area contributed by atoms with E-state index in [4.69, 9.17) is 10.00 Å². The van der Waals surface area contributed by atoms with Gasteiger partial charge in [0.2, 0.25) is 5.91 Å². The van der Waals surface area contributed by atoms with E-state index in [2.05, 4.69) is 6.07 Å². The van der Waals surface area contributed by atoms with Gasteiger partial charge in [0.15, 0.2) is 0 Å². The molecule has 26 heavy (non-hydrogen) atoms. The highest BCUT2D eigenvalue weighted by molar-refractivity contribution is 5.81. The van der Waals surface area contributed by atoms with Crippen molar-refractivity contribution in [1.82, 2.24) is 4.90 Å². The summed E-state index contributed by atoms with van der Waals surface area (Å²) in [5.41, 5.74) is 2.86. The highest BCUT2D eigenvalue weighted by Gasteiger charge is 2.35. The highest BCUT2D eigenvalue weighted by Crippen LogP contribution is 2.32. The van der Waals surface area contributed by atoms with E-state index in [1.54, 1.807) is 0 Å². The number of hydrogen-bond acceptors (Lipinski definition) is 3. The standard InChI is InChI=1S/C22H22N2O2/c23-15-16-1-3-17(4-2-16)18-7-9-20(10-8-18)26-21-11-13-24(14-12-21)22(25)19-5-6-19/h1-4,7-10,19,21H,5-6,11-14H2. The van der Waals surface area contributed by atoms with Gasteiger partial charge in [-0.25, -0.2) is 0 Å². The van der Waals surface area contributed by atoms with Crippen molar-refractivity contribution >= 4 is 5.91 Å². The Kier molecular flexibility index (Phi) is 4.62. The van der Waals surface area contributed by atoms with Crippen LogP contribution in [0.1, 0.15) is 31.2 Å². The fourth-order valence-electron chi connectivity index (χ4n) is 3.44. The quantitative estimate of drug-likeness (QED) is 0.841. The molecule has 4 nitrogen and oxygen atoms in total. The second-order valence-corrected chi connectivity index (χ2v) is 7.13. The van der Waals surface area contributed by atoms with Crippen molar-refractivity contribution in [2.24, 2.45) is 5.92 Å². The number of nitrogens with zero attached hydrogens (tertiary/aromatic N) is 2. The van der Waals surface area contributed by atoms with Gasteiger partial charge in [-0.15, -0.1) is 0 Å². The summed E-state index contributed by atoms with van der Waals surface area (Å²) >= 11 is 0. The molecule has 0 unspecified atom stereocenters. The molecule has 0 spiro atoms. The lowest BCUT2D eigenvalue weighted by Gasteiger charge is -2.32. The molecule has 0 bridgehead atoms. The maximum atomic E-state index is 12.1. The van der Waals surface area contributed by atoms with Gasteiger partial charge in [0.05, 0.1) is 11.6 Å². The van der Waals surface area contributed by atoms with Gasteiger partial charge in [0, 0.05) is 31.8 Å². The van der Waals surface area contributed by atoms with Crippen molar-refractivity contribution in [2.45, 2.75) is 31.8 Å². The van der Waals surface area contributed by atoms with E-state index in [0.29, 0.717) is 17.4 Å². The first-order chi connectivity index (χ1) is 12.7. The predicted molar refractivity (Wildman–Crippen MR) is 99.5 cm³/mol. The van der Waals surface area contributed by atoms with Crippen molar-refractivity contribution in [3.8, 4) is 22.9 Å². The first kappa shape index (κ1) is 16.7. The van der Waals surface area contributed by atoms with Crippen LogP contribution in [0.3, 0.4) is 0 Å². The maximum Gasteiger partial charge on any atom is 0.225 e. The molecule has 0 atom stereocenters. The number of carbonyl (C=O) groups excluding carboxylic acids is 1. The number of rotatable bonds is 4. The number of piperidine rings is 1. The fraction of sp³-hybridized carbons (Fsp3) is 0.364. The number of ether oxygens (including phenoxy) is 1. The molecular weight excluding hydrogens is 324 g/mol. The van der Waals surface area contributed by atoms with Crippen LogP contribution in [-0.2, 0) is 4.79 Å². The summed E-state index contributed by atoms with van der Waals surface area (Å²) in [6, 6.07) is 17.8. The molecule has 0 aromatic heterocycles. The largest absolute Gasteiger partial charge is 0.490 e. The zero-order valence-corrected chi connectivity index (χ0v) is 14.7. The van der Waals surface area contributed by atoms with Crippen LogP contribution in [0.5, 0.6) is 5.75 Å². The lowest BCUT2D eigenvalue weighted by Crippen LogP contribution is -2.42. The Labute approximate surface area is 154 Å². The summed E-state index contributed by atoms with van der Waals surface area (Å²) in [5.74, 6) is 1.52. The van der Waals surface area contributed by atoms with Crippen molar-refractivity contribution in [2.75, 3.05) is 13.1 Å². The van der Waals surface area contributed by atoms with Gasteiger partial charge in [-0.1, -0.05) is 24.3 Å². The summed E-state index contributed by atoms with van der Waals surface area (Å²) in [4.78, 5) is 14.1. The number of likely N-dealkylation sites (tertiary alicyclic amines) is 1. The topological polar surface area (TPSA) is 53.3 Å². The van der Waals surface area contributed by atoms with Crippen LogP contribution in [-0.4, -0.2) is 30.0 Å². The van der Waals surface area contributed by atoms with Gasteiger partial charge >= 0.3 is 0 Å². The molecule has 132 valence electrons. The third-order valence-corrected chi connectivity index (χ3v) is 5.18. The molecule has 0 radical (unpaired) electrons. The molecule has 0 N–H and O–H groups in total. The van der Waals surface area contributed by atoms with Crippen LogP contribution in [0.15, 0.2) is 48.5 Å². The first-order valence-electron chi connectivity index (χ1n) is 9.29.